The lowest BCUT2D eigenvalue weighted by Crippen LogP contribution is -2.47. The first-order valence-electron chi connectivity index (χ1n) is 8.04. The average molecular weight is 348 g/mol. The highest BCUT2D eigenvalue weighted by molar-refractivity contribution is 9.10. The van der Waals surface area contributed by atoms with Crippen molar-refractivity contribution in [2.45, 2.75) is 25.3 Å². The molecule has 1 aromatic heterocycles. The Morgan fingerprint density at radius 3 is 2.71 bits per heavy atom. The van der Waals surface area contributed by atoms with Crippen LogP contribution in [0.25, 0.3) is 10.9 Å². The molecule has 2 aromatic rings. The van der Waals surface area contributed by atoms with Crippen LogP contribution in [0.2, 0.25) is 0 Å². The Labute approximate surface area is 134 Å². The molecule has 4 rings (SSSR count). The minimum Gasteiger partial charge on any atom is -0.361 e. The van der Waals surface area contributed by atoms with Gasteiger partial charge in [0.15, 0.2) is 0 Å². The van der Waals surface area contributed by atoms with Gasteiger partial charge < -0.3 is 10.3 Å². The molecule has 4 heteroatoms. The number of nitrogens with zero attached hydrogens (tertiary/aromatic N) is 1. The average Bonchev–Trinajstić information content (AvgIpc) is 2.86. The molecule has 1 saturated carbocycles. The van der Waals surface area contributed by atoms with Gasteiger partial charge in [-0.2, -0.15) is 0 Å². The maximum atomic E-state index is 3.63. The highest BCUT2D eigenvalue weighted by atomic mass is 79.9. The van der Waals surface area contributed by atoms with Crippen LogP contribution < -0.4 is 5.32 Å². The number of aromatic amines is 1. The SMILES string of the molecule is Brc1ccc2[nH]cc([C@H](C3CCC3)N3CCNCC3)c2c1. The molecule has 2 N–H and O–H groups in total. The molecular weight excluding hydrogens is 326 g/mol. The van der Waals surface area contributed by atoms with Gasteiger partial charge in [0.25, 0.3) is 0 Å². The fourth-order valence-corrected chi connectivity index (χ4v) is 4.18. The van der Waals surface area contributed by atoms with Crippen molar-refractivity contribution in [1.29, 1.82) is 0 Å². The zero-order valence-corrected chi connectivity index (χ0v) is 13.8. The van der Waals surface area contributed by atoms with E-state index in [-0.39, 0.29) is 0 Å². The highest BCUT2D eigenvalue weighted by Crippen LogP contribution is 2.43. The second kappa shape index (κ2) is 5.75. The summed E-state index contributed by atoms with van der Waals surface area (Å²) >= 11 is 3.63. The van der Waals surface area contributed by atoms with Crippen molar-refractivity contribution >= 4 is 26.8 Å². The van der Waals surface area contributed by atoms with Crippen LogP contribution in [0.5, 0.6) is 0 Å². The second-order valence-electron chi connectivity index (χ2n) is 6.36. The molecule has 2 aliphatic rings. The lowest BCUT2D eigenvalue weighted by atomic mass is 9.76. The molecule has 21 heavy (non-hydrogen) atoms. The Morgan fingerprint density at radius 2 is 2.00 bits per heavy atom. The molecule has 3 nitrogen and oxygen atoms in total. The van der Waals surface area contributed by atoms with Crippen molar-refractivity contribution in [3.8, 4) is 0 Å². The number of H-pyrrole nitrogens is 1. The van der Waals surface area contributed by atoms with Crippen molar-refractivity contribution in [3.05, 3.63) is 34.4 Å². The van der Waals surface area contributed by atoms with Gasteiger partial charge in [0, 0.05) is 53.8 Å². The van der Waals surface area contributed by atoms with Gasteiger partial charge in [0.05, 0.1) is 0 Å². The van der Waals surface area contributed by atoms with Gasteiger partial charge in [-0.25, -0.2) is 0 Å². The summed E-state index contributed by atoms with van der Waals surface area (Å²) in [6, 6.07) is 7.16. The Kier molecular flexibility index (Phi) is 3.78. The molecule has 0 bridgehead atoms. The van der Waals surface area contributed by atoms with E-state index in [4.69, 9.17) is 0 Å². The Bertz CT molecular complexity index is 626. The largest absolute Gasteiger partial charge is 0.361 e. The number of rotatable bonds is 3. The molecular formula is C17H22BrN3. The number of benzene rings is 1. The highest BCUT2D eigenvalue weighted by Gasteiger charge is 2.34. The van der Waals surface area contributed by atoms with Crippen molar-refractivity contribution in [1.82, 2.24) is 15.2 Å². The summed E-state index contributed by atoms with van der Waals surface area (Å²) in [4.78, 5) is 6.17. The minimum absolute atomic E-state index is 0.587. The smallest absolute Gasteiger partial charge is 0.0458 e. The van der Waals surface area contributed by atoms with Gasteiger partial charge in [-0.1, -0.05) is 22.4 Å². The zero-order chi connectivity index (χ0) is 14.2. The van der Waals surface area contributed by atoms with Crippen molar-refractivity contribution < 1.29 is 0 Å². The Balaban J connectivity index is 1.75. The molecule has 1 saturated heterocycles. The molecule has 112 valence electrons. The van der Waals surface area contributed by atoms with E-state index in [1.807, 2.05) is 0 Å². The van der Waals surface area contributed by atoms with E-state index in [1.54, 1.807) is 0 Å². The number of nitrogens with one attached hydrogen (secondary N) is 2. The fourth-order valence-electron chi connectivity index (χ4n) is 3.82. The number of hydrogen-bond acceptors (Lipinski definition) is 2. The van der Waals surface area contributed by atoms with Gasteiger partial charge in [0.1, 0.15) is 0 Å². The molecule has 0 amide bonds. The van der Waals surface area contributed by atoms with E-state index in [2.05, 4.69) is 55.5 Å². The van der Waals surface area contributed by atoms with E-state index in [0.717, 1.165) is 19.0 Å². The van der Waals surface area contributed by atoms with Crippen LogP contribution in [0.3, 0.4) is 0 Å². The number of fused-ring (bicyclic) bond motifs is 1. The number of piperazine rings is 1. The Hall–Kier alpha value is -0.840. The van der Waals surface area contributed by atoms with E-state index in [0.29, 0.717) is 6.04 Å². The van der Waals surface area contributed by atoms with Crippen LogP contribution in [0.1, 0.15) is 30.9 Å². The monoisotopic (exact) mass is 347 g/mol. The second-order valence-corrected chi connectivity index (χ2v) is 7.27. The van der Waals surface area contributed by atoms with Crippen molar-refractivity contribution in [3.63, 3.8) is 0 Å². The van der Waals surface area contributed by atoms with Crippen molar-refractivity contribution in [2.24, 2.45) is 5.92 Å². The predicted octanol–water partition coefficient (Wildman–Crippen LogP) is 3.68. The third-order valence-corrected chi connectivity index (χ3v) is 5.63. The lowest BCUT2D eigenvalue weighted by molar-refractivity contribution is 0.0846. The topological polar surface area (TPSA) is 31.1 Å². The maximum Gasteiger partial charge on any atom is 0.0458 e. The van der Waals surface area contributed by atoms with Crippen LogP contribution >= 0.6 is 15.9 Å². The van der Waals surface area contributed by atoms with Crippen LogP contribution in [-0.2, 0) is 0 Å². The van der Waals surface area contributed by atoms with E-state index < -0.39 is 0 Å². The standard InChI is InChI=1S/C17H22BrN3/c18-13-4-5-16-14(10-13)15(11-20-16)17(12-2-1-3-12)21-8-6-19-7-9-21/h4-5,10-12,17,19-20H,1-3,6-9H2/t17-/m0/s1. The molecule has 0 spiro atoms. The lowest BCUT2D eigenvalue weighted by Gasteiger charge is -2.43. The number of hydrogen-bond donors (Lipinski definition) is 2. The van der Waals surface area contributed by atoms with E-state index in [9.17, 15) is 0 Å². The quantitative estimate of drug-likeness (QED) is 0.887. The first kappa shape index (κ1) is 13.8. The maximum absolute atomic E-state index is 3.63. The number of halogens is 1. The van der Waals surface area contributed by atoms with Crippen LogP contribution in [0.15, 0.2) is 28.9 Å². The molecule has 1 aliphatic heterocycles. The predicted molar refractivity (Wildman–Crippen MR) is 90.5 cm³/mol. The van der Waals surface area contributed by atoms with Gasteiger partial charge in [0.2, 0.25) is 0 Å². The van der Waals surface area contributed by atoms with E-state index >= 15 is 0 Å². The number of aromatic nitrogens is 1. The molecule has 1 aromatic carbocycles. The van der Waals surface area contributed by atoms with Crippen molar-refractivity contribution in [2.75, 3.05) is 26.2 Å². The van der Waals surface area contributed by atoms with E-state index in [1.165, 1.54) is 53.3 Å². The van der Waals surface area contributed by atoms with Crippen LogP contribution in [0, 0.1) is 5.92 Å². The van der Waals surface area contributed by atoms with Gasteiger partial charge in [-0.3, -0.25) is 4.90 Å². The first-order valence-corrected chi connectivity index (χ1v) is 8.83. The summed E-state index contributed by atoms with van der Waals surface area (Å²) in [7, 11) is 0. The summed E-state index contributed by atoms with van der Waals surface area (Å²) in [5, 5.41) is 4.87. The molecule has 0 unspecified atom stereocenters. The van der Waals surface area contributed by atoms with Gasteiger partial charge >= 0.3 is 0 Å². The summed E-state index contributed by atoms with van der Waals surface area (Å²) in [6.07, 6.45) is 6.42. The summed E-state index contributed by atoms with van der Waals surface area (Å²) in [5.41, 5.74) is 2.76. The minimum atomic E-state index is 0.587. The Morgan fingerprint density at radius 1 is 1.19 bits per heavy atom. The third kappa shape index (κ3) is 2.54. The van der Waals surface area contributed by atoms with Crippen LogP contribution in [0.4, 0.5) is 0 Å². The molecule has 1 atom stereocenters. The molecule has 1 aliphatic carbocycles. The first-order chi connectivity index (χ1) is 10.3. The zero-order valence-electron chi connectivity index (χ0n) is 12.2. The summed E-state index contributed by atoms with van der Waals surface area (Å²) in [6.45, 7) is 4.58. The van der Waals surface area contributed by atoms with Crippen LogP contribution in [-0.4, -0.2) is 36.1 Å². The molecule has 2 heterocycles. The molecule has 2 fully saturated rings. The summed E-state index contributed by atoms with van der Waals surface area (Å²) in [5.74, 6) is 0.834. The fraction of sp³-hybridized carbons (Fsp3) is 0.529. The summed E-state index contributed by atoms with van der Waals surface area (Å²) < 4.78 is 1.17. The normalized spacial score (nSPS) is 22.3. The van der Waals surface area contributed by atoms with Gasteiger partial charge in [-0.05, 0) is 42.5 Å². The van der Waals surface area contributed by atoms with Gasteiger partial charge in [-0.15, -0.1) is 0 Å². The molecule has 0 radical (unpaired) electrons. The third-order valence-electron chi connectivity index (χ3n) is 5.14.